The number of hydrogen-bond donors (Lipinski definition) is 1. The van der Waals surface area contributed by atoms with E-state index in [0.717, 1.165) is 25.9 Å². The van der Waals surface area contributed by atoms with Crippen molar-refractivity contribution in [1.29, 1.82) is 0 Å². The zero-order valence-electron chi connectivity index (χ0n) is 11.1. The summed E-state index contributed by atoms with van der Waals surface area (Å²) in [7, 11) is -3.04. The van der Waals surface area contributed by atoms with E-state index in [1.54, 1.807) is 0 Å². The molecule has 2 heterocycles. The third kappa shape index (κ3) is 2.21. The Hall–Kier alpha value is -0.130. The van der Waals surface area contributed by atoms with Crippen molar-refractivity contribution in [3.8, 4) is 0 Å². The van der Waals surface area contributed by atoms with Crippen molar-refractivity contribution in [2.24, 2.45) is 11.8 Å². The lowest BCUT2D eigenvalue weighted by Crippen LogP contribution is -2.44. The Morgan fingerprint density at radius 2 is 2.06 bits per heavy atom. The average molecular weight is 272 g/mol. The fourth-order valence-electron chi connectivity index (χ4n) is 3.81. The second kappa shape index (κ2) is 4.76. The second-order valence-electron chi connectivity index (χ2n) is 6.30. The van der Waals surface area contributed by atoms with Gasteiger partial charge in [-0.1, -0.05) is 19.3 Å². The van der Waals surface area contributed by atoms with Gasteiger partial charge in [-0.05, 0) is 38.1 Å². The minimum Gasteiger partial charge on any atom is -0.315 e. The second-order valence-corrected chi connectivity index (χ2v) is 8.30. The van der Waals surface area contributed by atoms with Crippen LogP contribution in [0.3, 0.4) is 0 Å². The fraction of sp³-hybridized carbons (Fsp3) is 1.00. The molecular formula is C13H24N2O2S. The van der Waals surface area contributed by atoms with Crippen LogP contribution in [0.25, 0.3) is 0 Å². The van der Waals surface area contributed by atoms with Gasteiger partial charge >= 0.3 is 0 Å². The smallest absolute Gasteiger partial charge is 0.214 e. The molecule has 3 atom stereocenters. The maximum Gasteiger partial charge on any atom is 0.214 e. The van der Waals surface area contributed by atoms with Crippen LogP contribution in [0.2, 0.25) is 0 Å². The van der Waals surface area contributed by atoms with Crippen molar-refractivity contribution < 1.29 is 8.42 Å². The summed E-state index contributed by atoms with van der Waals surface area (Å²) < 4.78 is 26.9. The molecule has 3 fully saturated rings. The number of fused-ring (bicyclic) bond motifs is 1. The quantitative estimate of drug-likeness (QED) is 0.836. The van der Waals surface area contributed by atoms with Gasteiger partial charge in [0.25, 0.3) is 0 Å². The van der Waals surface area contributed by atoms with E-state index in [2.05, 4.69) is 12.2 Å². The van der Waals surface area contributed by atoms with Gasteiger partial charge in [0.15, 0.2) is 0 Å². The zero-order valence-corrected chi connectivity index (χ0v) is 12.0. The van der Waals surface area contributed by atoms with E-state index in [1.807, 2.05) is 4.31 Å². The molecule has 104 valence electrons. The highest BCUT2D eigenvalue weighted by atomic mass is 32.2. The number of sulfonamides is 1. The molecule has 5 heteroatoms. The highest BCUT2D eigenvalue weighted by molar-refractivity contribution is 7.89. The van der Waals surface area contributed by atoms with Crippen LogP contribution in [-0.2, 0) is 10.0 Å². The van der Waals surface area contributed by atoms with Crippen molar-refractivity contribution >= 4 is 10.0 Å². The first-order chi connectivity index (χ1) is 8.58. The number of rotatable bonds is 4. The molecule has 2 aliphatic heterocycles. The lowest BCUT2D eigenvalue weighted by Gasteiger charge is -2.29. The van der Waals surface area contributed by atoms with Crippen LogP contribution in [0, 0.1) is 11.8 Å². The SMILES string of the molecule is CC1CC2CNCC2N1S(=O)(=O)CCC1CCC1. The van der Waals surface area contributed by atoms with Crippen molar-refractivity contribution in [3.63, 3.8) is 0 Å². The summed E-state index contributed by atoms with van der Waals surface area (Å²) in [5.41, 5.74) is 0. The molecule has 0 aromatic carbocycles. The van der Waals surface area contributed by atoms with E-state index in [9.17, 15) is 8.42 Å². The molecular weight excluding hydrogens is 248 g/mol. The molecule has 3 unspecified atom stereocenters. The van der Waals surface area contributed by atoms with E-state index in [0.29, 0.717) is 17.6 Å². The van der Waals surface area contributed by atoms with Crippen molar-refractivity contribution in [2.45, 2.75) is 51.1 Å². The van der Waals surface area contributed by atoms with Gasteiger partial charge in [0.2, 0.25) is 10.0 Å². The lowest BCUT2D eigenvalue weighted by atomic mass is 9.84. The monoisotopic (exact) mass is 272 g/mol. The number of nitrogens with zero attached hydrogens (tertiary/aromatic N) is 1. The number of hydrogen-bond acceptors (Lipinski definition) is 3. The Labute approximate surface area is 110 Å². The Balaban J connectivity index is 1.67. The summed E-state index contributed by atoms with van der Waals surface area (Å²) in [5, 5.41) is 3.33. The normalized spacial score (nSPS) is 37.7. The van der Waals surface area contributed by atoms with Crippen LogP contribution in [-0.4, -0.2) is 43.6 Å². The molecule has 0 amide bonds. The molecule has 4 nitrogen and oxygen atoms in total. The first kappa shape index (κ1) is 12.9. The Morgan fingerprint density at radius 1 is 1.28 bits per heavy atom. The molecule has 3 aliphatic rings. The van der Waals surface area contributed by atoms with Gasteiger partial charge in [-0.25, -0.2) is 8.42 Å². The van der Waals surface area contributed by atoms with Crippen LogP contribution in [0.4, 0.5) is 0 Å². The summed E-state index contributed by atoms with van der Waals surface area (Å²) in [5.74, 6) is 1.58. The third-order valence-electron chi connectivity index (χ3n) is 5.04. The van der Waals surface area contributed by atoms with Crippen LogP contribution in [0.15, 0.2) is 0 Å². The topological polar surface area (TPSA) is 49.4 Å². The molecule has 18 heavy (non-hydrogen) atoms. The predicted octanol–water partition coefficient (Wildman–Crippen LogP) is 1.19. The average Bonchev–Trinajstić information content (AvgIpc) is 2.73. The third-order valence-corrected chi connectivity index (χ3v) is 7.06. The number of nitrogens with one attached hydrogen (secondary N) is 1. The van der Waals surface area contributed by atoms with Gasteiger partial charge in [0.1, 0.15) is 0 Å². The van der Waals surface area contributed by atoms with Gasteiger partial charge in [0.05, 0.1) is 5.75 Å². The largest absolute Gasteiger partial charge is 0.315 e. The van der Waals surface area contributed by atoms with Crippen molar-refractivity contribution in [2.75, 3.05) is 18.8 Å². The van der Waals surface area contributed by atoms with Gasteiger partial charge in [-0.2, -0.15) is 4.31 Å². The van der Waals surface area contributed by atoms with E-state index in [-0.39, 0.29) is 12.1 Å². The Morgan fingerprint density at radius 3 is 2.72 bits per heavy atom. The predicted molar refractivity (Wildman–Crippen MR) is 71.8 cm³/mol. The van der Waals surface area contributed by atoms with Gasteiger partial charge in [-0.15, -0.1) is 0 Å². The molecule has 0 bridgehead atoms. The maximum absolute atomic E-state index is 12.5. The van der Waals surface area contributed by atoms with Crippen molar-refractivity contribution in [3.05, 3.63) is 0 Å². The van der Waals surface area contributed by atoms with Crippen molar-refractivity contribution in [1.82, 2.24) is 9.62 Å². The fourth-order valence-corrected chi connectivity index (χ4v) is 5.94. The Bertz CT molecular complexity index is 405. The summed E-state index contributed by atoms with van der Waals surface area (Å²) in [4.78, 5) is 0. The van der Waals surface area contributed by atoms with Gasteiger partial charge in [0, 0.05) is 18.6 Å². The molecule has 1 saturated carbocycles. The van der Waals surface area contributed by atoms with E-state index >= 15 is 0 Å². The Kier molecular flexibility index (Phi) is 3.41. The molecule has 1 N–H and O–H groups in total. The summed E-state index contributed by atoms with van der Waals surface area (Å²) in [6.45, 7) is 3.90. The standard InChI is InChI=1S/C13H24N2O2S/c1-10-7-12-8-14-9-13(12)15(10)18(16,17)6-5-11-3-2-4-11/h10-14H,2-9H2,1H3. The van der Waals surface area contributed by atoms with Gasteiger partial charge in [-0.3, -0.25) is 0 Å². The van der Waals surface area contributed by atoms with Gasteiger partial charge < -0.3 is 5.32 Å². The van der Waals surface area contributed by atoms with E-state index in [1.165, 1.54) is 19.3 Å². The summed E-state index contributed by atoms with van der Waals surface area (Å²) in [6.07, 6.45) is 5.66. The summed E-state index contributed by atoms with van der Waals surface area (Å²) >= 11 is 0. The minimum atomic E-state index is -3.04. The molecule has 3 rings (SSSR count). The lowest BCUT2D eigenvalue weighted by molar-refractivity contribution is 0.299. The van der Waals surface area contributed by atoms with Crippen LogP contribution in [0.1, 0.15) is 39.0 Å². The van der Waals surface area contributed by atoms with E-state index in [4.69, 9.17) is 0 Å². The molecule has 0 aromatic heterocycles. The zero-order chi connectivity index (χ0) is 12.8. The molecule has 0 radical (unpaired) electrons. The first-order valence-electron chi connectivity index (χ1n) is 7.30. The molecule has 2 saturated heterocycles. The minimum absolute atomic E-state index is 0.202. The maximum atomic E-state index is 12.5. The van der Waals surface area contributed by atoms with Crippen LogP contribution >= 0.6 is 0 Å². The highest BCUT2D eigenvalue weighted by Crippen LogP contribution is 2.36. The highest BCUT2D eigenvalue weighted by Gasteiger charge is 2.47. The van der Waals surface area contributed by atoms with E-state index < -0.39 is 10.0 Å². The summed E-state index contributed by atoms with van der Waals surface area (Å²) in [6, 6.07) is 0.430. The molecule has 0 spiro atoms. The van der Waals surface area contributed by atoms with Crippen LogP contribution in [0.5, 0.6) is 0 Å². The molecule has 0 aromatic rings. The first-order valence-corrected chi connectivity index (χ1v) is 8.91. The molecule has 1 aliphatic carbocycles. The van der Waals surface area contributed by atoms with Crippen LogP contribution < -0.4 is 5.32 Å².